The van der Waals surface area contributed by atoms with Gasteiger partial charge >= 0.3 is 0 Å². The summed E-state index contributed by atoms with van der Waals surface area (Å²) in [6.45, 7) is 6.76. The Bertz CT molecular complexity index is 331. The van der Waals surface area contributed by atoms with Gasteiger partial charge in [-0.25, -0.2) is 0 Å². The molecule has 0 amide bonds. The van der Waals surface area contributed by atoms with E-state index >= 15 is 0 Å². The van der Waals surface area contributed by atoms with Crippen LogP contribution in [0.15, 0.2) is 4.99 Å². The number of aliphatic hydroxyl groups is 1. The average molecular weight is 409 g/mol. The molecule has 21 heavy (non-hydrogen) atoms. The molecule has 0 aromatic rings. The Morgan fingerprint density at radius 1 is 1.05 bits per heavy atom. The molecule has 0 bridgehead atoms. The second-order valence-corrected chi connectivity index (χ2v) is 6.69. The summed E-state index contributed by atoms with van der Waals surface area (Å²) in [5, 5.41) is 17.0. The number of halogens is 1. The first kappa shape index (κ1) is 19.0. The minimum atomic E-state index is -0.519. The summed E-state index contributed by atoms with van der Waals surface area (Å²) in [7, 11) is 0. The molecular weight excluding hydrogens is 377 g/mol. The van der Waals surface area contributed by atoms with Gasteiger partial charge in [0, 0.05) is 19.6 Å². The van der Waals surface area contributed by atoms with E-state index in [1.54, 1.807) is 0 Å². The summed E-state index contributed by atoms with van der Waals surface area (Å²) in [5.41, 5.74) is -0.0677. The molecule has 2 aliphatic carbocycles. The Labute approximate surface area is 146 Å². The summed E-state index contributed by atoms with van der Waals surface area (Å²) in [5.74, 6) is 0.868. The summed E-state index contributed by atoms with van der Waals surface area (Å²) >= 11 is 0. The van der Waals surface area contributed by atoms with Crippen molar-refractivity contribution in [1.29, 1.82) is 0 Å². The molecule has 0 aromatic carbocycles. The topological polar surface area (TPSA) is 56.7 Å². The van der Waals surface area contributed by atoms with Gasteiger partial charge in [-0.1, -0.05) is 26.2 Å². The highest BCUT2D eigenvalue weighted by Crippen LogP contribution is 2.43. The molecule has 0 atom stereocenters. The maximum atomic E-state index is 10.4. The number of guanidine groups is 1. The van der Waals surface area contributed by atoms with Crippen molar-refractivity contribution in [3.63, 3.8) is 0 Å². The predicted molar refractivity (Wildman–Crippen MR) is 99.4 cm³/mol. The number of nitrogens with one attached hydrogen (secondary N) is 2. The molecule has 0 unspecified atom stereocenters. The van der Waals surface area contributed by atoms with Gasteiger partial charge in [-0.05, 0) is 44.4 Å². The van der Waals surface area contributed by atoms with Gasteiger partial charge in [0.05, 0.1) is 5.60 Å². The quantitative estimate of drug-likeness (QED) is 0.359. The first-order valence-electron chi connectivity index (χ1n) is 8.36. The van der Waals surface area contributed by atoms with Crippen molar-refractivity contribution in [3.8, 4) is 0 Å². The van der Waals surface area contributed by atoms with Crippen molar-refractivity contribution in [3.05, 3.63) is 0 Å². The standard InChI is InChI=1S/C16H31N3O.HI/c1-3-15(8-7-9-15)12-18-14(17-4-2)19-13-16(20)10-5-6-11-16;/h20H,3-13H2,1-2H3,(H2,17,18,19);1H. The lowest BCUT2D eigenvalue weighted by Gasteiger charge is -2.40. The zero-order valence-electron chi connectivity index (χ0n) is 13.6. The molecule has 0 saturated heterocycles. The van der Waals surface area contributed by atoms with E-state index in [9.17, 15) is 5.11 Å². The van der Waals surface area contributed by atoms with Crippen LogP contribution in [0.25, 0.3) is 0 Å². The zero-order valence-corrected chi connectivity index (χ0v) is 15.9. The molecule has 5 heteroatoms. The molecule has 2 rings (SSSR count). The van der Waals surface area contributed by atoms with Crippen molar-refractivity contribution in [1.82, 2.24) is 10.6 Å². The van der Waals surface area contributed by atoms with E-state index in [0.717, 1.165) is 44.7 Å². The van der Waals surface area contributed by atoms with Crippen LogP contribution in [0.3, 0.4) is 0 Å². The Morgan fingerprint density at radius 3 is 2.19 bits per heavy atom. The third-order valence-corrected chi connectivity index (χ3v) is 5.20. The molecule has 2 aliphatic rings. The number of hydrogen-bond acceptors (Lipinski definition) is 2. The van der Waals surface area contributed by atoms with Gasteiger partial charge in [0.1, 0.15) is 0 Å². The van der Waals surface area contributed by atoms with E-state index in [1.807, 2.05) is 0 Å². The normalized spacial score (nSPS) is 23.1. The molecule has 0 heterocycles. The lowest BCUT2D eigenvalue weighted by atomic mass is 9.67. The van der Waals surface area contributed by atoms with Crippen LogP contribution in [-0.4, -0.2) is 36.3 Å². The van der Waals surface area contributed by atoms with Gasteiger partial charge in [-0.3, -0.25) is 4.99 Å². The van der Waals surface area contributed by atoms with Crippen molar-refractivity contribution in [2.75, 3.05) is 19.6 Å². The molecule has 2 saturated carbocycles. The molecule has 124 valence electrons. The zero-order chi connectivity index (χ0) is 14.5. The molecule has 0 radical (unpaired) electrons. The molecule has 3 N–H and O–H groups in total. The molecular formula is C16H32IN3O. The highest BCUT2D eigenvalue weighted by Gasteiger charge is 2.35. The number of aliphatic imine (C=N–C) groups is 1. The van der Waals surface area contributed by atoms with Crippen LogP contribution in [0.5, 0.6) is 0 Å². The van der Waals surface area contributed by atoms with Gasteiger partial charge in [0.2, 0.25) is 0 Å². The lowest BCUT2D eigenvalue weighted by Crippen LogP contribution is -2.46. The summed E-state index contributed by atoms with van der Waals surface area (Å²) < 4.78 is 0. The van der Waals surface area contributed by atoms with E-state index < -0.39 is 5.60 Å². The number of rotatable bonds is 6. The Morgan fingerprint density at radius 2 is 1.71 bits per heavy atom. The Kier molecular flexibility index (Phi) is 7.74. The fourth-order valence-electron chi connectivity index (χ4n) is 3.35. The highest BCUT2D eigenvalue weighted by atomic mass is 127. The maximum absolute atomic E-state index is 10.4. The van der Waals surface area contributed by atoms with E-state index in [4.69, 9.17) is 4.99 Å². The van der Waals surface area contributed by atoms with Gasteiger partial charge in [-0.2, -0.15) is 0 Å². The van der Waals surface area contributed by atoms with E-state index in [1.165, 1.54) is 25.7 Å². The monoisotopic (exact) mass is 409 g/mol. The van der Waals surface area contributed by atoms with E-state index in [-0.39, 0.29) is 24.0 Å². The number of hydrogen-bond donors (Lipinski definition) is 3. The first-order valence-corrected chi connectivity index (χ1v) is 8.36. The molecule has 4 nitrogen and oxygen atoms in total. The molecule has 2 fully saturated rings. The molecule has 0 aliphatic heterocycles. The van der Waals surface area contributed by atoms with E-state index in [2.05, 4.69) is 24.5 Å². The number of nitrogens with zero attached hydrogens (tertiary/aromatic N) is 1. The lowest BCUT2D eigenvalue weighted by molar-refractivity contribution is 0.0521. The van der Waals surface area contributed by atoms with Gasteiger partial charge < -0.3 is 15.7 Å². The molecule has 0 aromatic heterocycles. The summed E-state index contributed by atoms with van der Waals surface area (Å²) in [4.78, 5) is 4.75. The highest BCUT2D eigenvalue weighted by molar-refractivity contribution is 14.0. The van der Waals surface area contributed by atoms with Gasteiger partial charge in [0.25, 0.3) is 0 Å². The van der Waals surface area contributed by atoms with Crippen molar-refractivity contribution >= 4 is 29.9 Å². The first-order chi connectivity index (χ1) is 9.61. The smallest absolute Gasteiger partial charge is 0.191 e. The Balaban J connectivity index is 0.00000220. The SMILES string of the molecule is CCNC(=NCC1(CC)CCC1)NCC1(O)CCCC1.I. The second-order valence-electron chi connectivity index (χ2n) is 6.69. The van der Waals surface area contributed by atoms with Crippen molar-refractivity contribution in [2.24, 2.45) is 10.4 Å². The fraction of sp³-hybridized carbons (Fsp3) is 0.938. The third kappa shape index (κ3) is 5.27. The predicted octanol–water partition coefficient (Wildman–Crippen LogP) is 3.04. The minimum Gasteiger partial charge on any atom is -0.388 e. The van der Waals surface area contributed by atoms with Crippen molar-refractivity contribution in [2.45, 2.75) is 70.8 Å². The largest absolute Gasteiger partial charge is 0.388 e. The van der Waals surface area contributed by atoms with Crippen LogP contribution in [0.1, 0.15) is 65.2 Å². The van der Waals surface area contributed by atoms with Gasteiger partial charge in [-0.15, -0.1) is 24.0 Å². The minimum absolute atomic E-state index is 0. The van der Waals surface area contributed by atoms with Crippen LogP contribution >= 0.6 is 24.0 Å². The van der Waals surface area contributed by atoms with Crippen LogP contribution < -0.4 is 10.6 Å². The average Bonchev–Trinajstić information content (AvgIpc) is 2.82. The van der Waals surface area contributed by atoms with Crippen LogP contribution in [-0.2, 0) is 0 Å². The fourth-order valence-corrected chi connectivity index (χ4v) is 3.35. The van der Waals surface area contributed by atoms with Crippen molar-refractivity contribution < 1.29 is 5.11 Å². The Hall–Kier alpha value is -0.0400. The van der Waals surface area contributed by atoms with Crippen LogP contribution in [0, 0.1) is 5.41 Å². The summed E-state index contributed by atoms with van der Waals surface area (Å²) in [6, 6.07) is 0. The van der Waals surface area contributed by atoms with Crippen LogP contribution in [0.4, 0.5) is 0 Å². The summed E-state index contributed by atoms with van der Waals surface area (Å²) in [6.07, 6.45) is 9.33. The third-order valence-electron chi connectivity index (χ3n) is 5.20. The maximum Gasteiger partial charge on any atom is 0.191 e. The van der Waals surface area contributed by atoms with E-state index in [0.29, 0.717) is 12.0 Å². The van der Waals surface area contributed by atoms with Crippen LogP contribution in [0.2, 0.25) is 0 Å². The van der Waals surface area contributed by atoms with Gasteiger partial charge in [0.15, 0.2) is 5.96 Å². The molecule has 0 spiro atoms. The second kappa shape index (κ2) is 8.56.